The molecule has 0 aliphatic heterocycles. The SMILES string of the molecule is O=C(CC1CC2CCC1C2)Nc1ccccc1CBr. The summed E-state index contributed by atoms with van der Waals surface area (Å²) in [4.78, 5) is 12.2. The summed E-state index contributed by atoms with van der Waals surface area (Å²) < 4.78 is 0. The molecule has 2 nitrogen and oxygen atoms in total. The molecule has 0 aromatic heterocycles. The second-order valence-electron chi connectivity index (χ2n) is 5.98. The Morgan fingerprint density at radius 1 is 1.26 bits per heavy atom. The maximum atomic E-state index is 12.2. The van der Waals surface area contributed by atoms with Crippen LogP contribution in [0, 0.1) is 17.8 Å². The largest absolute Gasteiger partial charge is 0.326 e. The molecule has 3 heteroatoms. The minimum Gasteiger partial charge on any atom is -0.326 e. The highest BCUT2D eigenvalue weighted by atomic mass is 79.9. The van der Waals surface area contributed by atoms with Gasteiger partial charge in [-0.15, -0.1) is 0 Å². The molecule has 102 valence electrons. The fourth-order valence-corrected chi connectivity index (χ4v) is 4.31. The first-order chi connectivity index (χ1) is 9.26. The fourth-order valence-electron chi connectivity index (χ4n) is 3.82. The van der Waals surface area contributed by atoms with Gasteiger partial charge in [-0.1, -0.05) is 40.5 Å². The molecule has 2 fully saturated rings. The second kappa shape index (κ2) is 5.66. The molecule has 2 aliphatic rings. The Hall–Kier alpha value is -0.830. The standard InChI is InChI=1S/C16H20BrNO/c17-10-13-3-1-2-4-15(13)18-16(19)9-14-8-11-5-6-12(14)7-11/h1-4,11-12,14H,5-10H2,(H,18,19). The predicted octanol–water partition coefficient (Wildman–Crippen LogP) is 4.35. The van der Waals surface area contributed by atoms with E-state index in [-0.39, 0.29) is 5.91 Å². The van der Waals surface area contributed by atoms with Crippen LogP contribution in [-0.2, 0) is 10.1 Å². The molecule has 1 N–H and O–H groups in total. The van der Waals surface area contributed by atoms with Gasteiger partial charge in [-0.25, -0.2) is 0 Å². The third-order valence-electron chi connectivity index (χ3n) is 4.77. The Morgan fingerprint density at radius 2 is 2.11 bits per heavy atom. The van der Waals surface area contributed by atoms with Crippen molar-refractivity contribution in [3.8, 4) is 0 Å². The number of hydrogen-bond acceptors (Lipinski definition) is 1. The number of halogens is 1. The molecule has 19 heavy (non-hydrogen) atoms. The van der Waals surface area contributed by atoms with Crippen LogP contribution in [0.15, 0.2) is 24.3 Å². The second-order valence-corrected chi connectivity index (χ2v) is 6.54. The van der Waals surface area contributed by atoms with E-state index in [1.807, 2.05) is 24.3 Å². The van der Waals surface area contributed by atoms with Crippen molar-refractivity contribution in [3.63, 3.8) is 0 Å². The summed E-state index contributed by atoms with van der Waals surface area (Å²) in [5.74, 6) is 2.56. The normalized spacial score (nSPS) is 28.6. The molecule has 1 amide bonds. The van der Waals surface area contributed by atoms with E-state index in [1.54, 1.807) is 0 Å². The molecule has 0 heterocycles. The molecule has 3 rings (SSSR count). The number of alkyl halides is 1. The van der Waals surface area contributed by atoms with Crippen LogP contribution in [-0.4, -0.2) is 5.91 Å². The Balaban J connectivity index is 1.59. The predicted molar refractivity (Wildman–Crippen MR) is 81.3 cm³/mol. The van der Waals surface area contributed by atoms with Gasteiger partial charge in [-0.05, 0) is 48.6 Å². The first-order valence-corrected chi connectivity index (χ1v) is 8.32. The minimum atomic E-state index is 0.186. The molecule has 1 aromatic rings. The smallest absolute Gasteiger partial charge is 0.224 e. The highest BCUT2D eigenvalue weighted by Crippen LogP contribution is 2.49. The molecule has 0 saturated heterocycles. The molecule has 1 aromatic carbocycles. The van der Waals surface area contributed by atoms with E-state index in [9.17, 15) is 4.79 Å². The summed E-state index contributed by atoms with van der Waals surface area (Å²) in [6.07, 6.45) is 6.10. The van der Waals surface area contributed by atoms with Crippen LogP contribution in [0.25, 0.3) is 0 Å². The molecule has 0 radical (unpaired) electrons. The Morgan fingerprint density at radius 3 is 2.79 bits per heavy atom. The first-order valence-electron chi connectivity index (χ1n) is 7.20. The van der Waals surface area contributed by atoms with Crippen molar-refractivity contribution in [2.75, 3.05) is 5.32 Å². The summed E-state index contributed by atoms with van der Waals surface area (Å²) in [6.45, 7) is 0. The maximum absolute atomic E-state index is 12.2. The molecular formula is C16H20BrNO. The number of nitrogens with one attached hydrogen (secondary N) is 1. The van der Waals surface area contributed by atoms with Crippen LogP contribution < -0.4 is 5.32 Å². The molecule has 3 atom stereocenters. The fraction of sp³-hybridized carbons (Fsp3) is 0.562. The van der Waals surface area contributed by atoms with Crippen molar-refractivity contribution < 1.29 is 4.79 Å². The molecule has 2 bridgehead atoms. The lowest BCUT2D eigenvalue weighted by molar-refractivity contribution is -0.117. The van der Waals surface area contributed by atoms with Gasteiger partial charge in [0.15, 0.2) is 0 Å². The zero-order valence-electron chi connectivity index (χ0n) is 11.1. The summed E-state index contributed by atoms with van der Waals surface area (Å²) >= 11 is 3.46. The van der Waals surface area contributed by atoms with Crippen LogP contribution >= 0.6 is 15.9 Å². The Labute approximate surface area is 123 Å². The van der Waals surface area contributed by atoms with E-state index in [1.165, 1.54) is 25.7 Å². The van der Waals surface area contributed by atoms with Gasteiger partial charge in [-0.3, -0.25) is 4.79 Å². The van der Waals surface area contributed by atoms with Gasteiger partial charge in [0, 0.05) is 17.4 Å². The van der Waals surface area contributed by atoms with Gasteiger partial charge in [0.1, 0.15) is 0 Å². The van der Waals surface area contributed by atoms with Crippen LogP contribution in [0.5, 0.6) is 0 Å². The number of carbonyl (C=O) groups excluding carboxylic acids is 1. The van der Waals surface area contributed by atoms with Crippen LogP contribution in [0.3, 0.4) is 0 Å². The quantitative estimate of drug-likeness (QED) is 0.821. The number of carbonyl (C=O) groups is 1. The van der Waals surface area contributed by atoms with Gasteiger partial charge in [-0.2, -0.15) is 0 Å². The van der Waals surface area contributed by atoms with Crippen molar-refractivity contribution in [1.82, 2.24) is 0 Å². The van der Waals surface area contributed by atoms with Crippen molar-refractivity contribution in [1.29, 1.82) is 0 Å². The summed E-state index contributed by atoms with van der Waals surface area (Å²) in [6, 6.07) is 8.00. The lowest BCUT2D eigenvalue weighted by Gasteiger charge is -2.21. The number of hydrogen-bond donors (Lipinski definition) is 1. The number of amides is 1. The zero-order chi connectivity index (χ0) is 13.2. The maximum Gasteiger partial charge on any atom is 0.224 e. The third kappa shape index (κ3) is 2.86. The van der Waals surface area contributed by atoms with E-state index in [0.717, 1.165) is 28.4 Å². The number of benzene rings is 1. The molecular weight excluding hydrogens is 302 g/mol. The van der Waals surface area contributed by atoms with Gasteiger partial charge in [0.25, 0.3) is 0 Å². The molecule has 3 unspecified atom stereocenters. The van der Waals surface area contributed by atoms with Crippen LogP contribution in [0.4, 0.5) is 5.69 Å². The van der Waals surface area contributed by atoms with Gasteiger partial charge in [0.05, 0.1) is 0 Å². The monoisotopic (exact) mass is 321 g/mol. The highest BCUT2D eigenvalue weighted by molar-refractivity contribution is 9.08. The van der Waals surface area contributed by atoms with Crippen molar-refractivity contribution in [3.05, 3.63) is 29.8 Å². The van der Waals surface area contributed by atoms with Crippen LogP contribution in [0.1, 0.15) is 37.7 Å². The number of fused-ring (bicyclic) bond motifs is 2. The topological polar surface area (TPSA) is 29.1 Å². The lowest BCUT2D eigenvalue weighted by Crippen LogP contribution is -2.20. The van der Waals surface area contributed by atoms with E-state index in [4.69, 9.17) is 0 Å². The average molecular weight is 322 g/mol. The van der Waals surface area contributed by atoms with Gasteiger partial charge < -0.3 is 5.32 Å². The molecule has 2 saturated carbocycles. The Kier molecular flexibility index (Phi) is 3.92. The summed E-state index contributed by atoms with van der Waals surface area (Å²) in [5.41, 5.74) is 2.09. The molecule has 0 spiro atoms. The van der Waals surface area contributed by atoms with E-state index < -0.39 is 0 Å². The average Bonchev–Trinajstić information content (AvgIpc) is 3.01. The van der Waals surface area contributed by atoms with Gasteiger partial charge >= 0.3 is 0 Å². The van der Waals surface area contributed by atoms with Gasteiger partial charge in [0.2, 0.25) is 5.91 Å². The van der Waals surface area contributed by atoms with E-state index >= 15 is 0 Å². The van der Waals surface area contributed by atoms with Crippen molar-refractivity contribution in [2.24, 2.45) is 17.8 Å². The lowest BCUT2D eigenvalue weighted by atomic mass is 9.86. The summed E-state index contributed by atoms with van der Waals surface area (Å²) in [7, 11) is 0. The zero-order valence-corrected chi connectivity index (χ0v) is 12.7. The number of anilines is 1. The Bertz CT molecular complexity index is 474. The first kappa shape index (κ1) is 13.2. The third-order valence-corrected chi connectivity index (χ3v) is 5.37. The molecule has 2 aliphatic carbocycles. The van der Waals surface area contributed by atoms with E-state index in [0.29, 0.717) is 12.3 Å². The highest BCUT2D eigenvalue weighted by Gasteiger charge is 2.40. The van der Waals surface area contributed by atoms with Crippen molar-refractivity contribution >= 4 is 27.5 Å². The number of rotatable bonds is 4. The van der Waals surface area contributed by atoms with E-state index in [2.05, 4.69) is 21.2 Å². The van der Waals surface area contributed by atoms with Crippen molar-refractivity contribution in [2.45, 2.75) is 37.4 Å². The van der Waals surface area contributed by atoms with Crippen LogP contribution in [0.2, 0.25) is 0 Å². The summed E-state index contributed by atoms with van der Waals surface area (Å²) in [5, 5.41) is 3.85. The number of para-hydroxylation sites is 1. The minimum absolute atomic E-state index is 0.186.